The number of rotatable bonds is 1. The summed E-state index contributed by atoms with van der Waals surface area (Å²) < 4.78 is 5.68. The summed E-state index contributed by atoms with van der Waals surface area (Å²) in [6, 6.07) is 12.7. The minimum Gasteiger partial charge on any atom is -0.456 e. The molecule has 0 unspecified atom stereocenters. The van der Waals surface area contributed by atoms with Crippen LogP contribution < -0.4 is 11.1 Å². The van der Waals surface area contributed by atoms with Gasteiger partial charge in [0.1, 0.15) is 11.2 Å². The van der Waals surface area contributed by atoms with E-state index in [4.69, 9.17) is 10.2 Å². The lowest BCUT2D eigenvalue weighted by atomic mass is 10.1. The van der Waals surface area contributed by atoms with Crippen LogP contribution in [-0.2, 0) is 0 Å². The Bertz CT molecular complexity index is 716. The first-order valence-corrected chi connectivity index (χ1v) is 5.22. The fraction of sp³-hybridized carbons (Fsp3) is 0. The van der Waals surface area contributed by atoms with Crippen LogP contribution in [-0.4, -0.2) is 6.03 Å². The summed E-state index contributed by atoms with van der Waals surface area (Å²) in [6.07, 6.45) is 0. The largest absolute Gasteiger partial charge is 0.456 e. The molecule has 3 N–H and O–H groups in total. The average Bonchev–Trinajstić information content (AvgIpc) is 2.65. The molecule has 0 saturated carbocycles. The summed E-state index contributed by atoms with van der Waals surface area (Å²) in [7, 11) is 0. The van der Waals surface area contributed by atoms with E-state index in [1.54, 1.807) is 12.1 Å². The fourth-order valence-corrected chi connectivity index (χ4v) is 1.95. The molecule has 0 saturated heterocycles. The summed E-state index contributed by atoms with van der Waals surface area (Å²) >= 11 is 0. The van der Waals surface area contributed by atoms with Crippen LogP contribution >= 0.6 is 0 Å². The molecule has 0 radical (unpaired) electrons. The summed E-state index contributed by atoms with van der Waals surface area (Å²) in [4.78, 5) is 10.8. The molecule has 0 aliphatic rings. The molecule has 4 nitrogen and oxygen atoms in total. The van der Waals surface area contributed by atoms with E-state index in [0.717, 1.165) is 21.9 Å². The van der Waals surface area contributed by atoms with Crippen LogP contribution in [0.5, 0.6) is 0 Å². The van der Waals surface area contributed by atoms with E-state index in [-0.39, 0.29) is 0 Å². The van der Waals surface area contributed by atoms with E-state index < -0.39 is 6.03 Å². The van der Waals surface area contributed by atoms with Gasteiger partial charge in [-0.2, -0.15) is 0 Å². The third-order valence-corrected chi connectivity index (χ3v) is 2.65. The van der Waals surface area contributed by atoms with Crippen LogP contribution in [0, 0.1) is 0 Å². The number of urea groups is 1. The number of nitrogens with one attached hydrogen (secondary N) is 1. The average molecular weight is 226 g/mol. The molecule has 0 aliphatic carbocycles. The molecule has 2 aromatic carbocycles. The van der Waals surface area contributed by atoms with Crippen molar-refractivity contribution >= 4 is 33.7 Å². The summed E-state index contributed by atoms with van der Waals surface area (Å²) in [5.74, 6) is 0. The van der Waals surface area contributed by atoms with E-state index in [9.17, 15) is 4.79 Å². The molecule has 0 aliphatic heterocycles. The lowest BCUT2D eigenvalue weighted by Crippen LogP contribution is -2.19. The number of furan rings is 1. The van der Waals surface area contributed by atoms with Gasteiger partial charge in [0.25, 0.3) is 0 Å². The Morgan fingerprint density at radius 3 is 2.65 bits per heavy atom. The first-order chi connectivity index (χ1) is 8.24. The van der Waals surface area contributed by atoms with Crippen LogP contribution in [0.25, 0.3) is 21.9 Å². The lowest BCUT2D eigenvalue weighted by Gasteiger charge is -1.99. The van der Waals surface area contributed by atoms with Gasteiger partial charge in [-0.1, -0.05) is 18.2 Å². The van der Waals surface area contributed by atoms with Crippen LogP contribution in [0.1, 0.15) is 0 Å². The predicted molar refractivity (Wildman–Crippen MR) is 66.9 cm³/mol. The highest BCUT2D eigenvalue weighted by atomic mass is 16.3. The Morgan fingerprint density at radius 1 is 1.06 bits per heavy atom. The highest BCUT2D eigenvalue weighted by Crippen LogP contribution is 2.30. The van der Waals surface area contributed by atoms with Crippen molar-refractivity contribution in [2.75, 3.05) is 5.32 Å². The normalized spacial score (nSPS) is 10.8. The van der Waals surface area contributed by atoms with Gasteiger partial charge < -0.3 is 15.5 Å². The molecule has 0 spiro atoms. The van der Waals surface area contributed by atoms with Crippen LogP contribution in [0.15, 0.2) is 46.9 Å². The number of benzene rings is 2. The zero-order valence-corrected chi connectivity index (χ0v) is 8.94. The first kappa shape index (κ1) is 9.72. The Kier molecular flexibility index (Phi) is 2.01. The maximum Gasteiger partial charge on any atom is 0.316 e. The Hall–Kier alpha value is -2.49. The molecule has 17 heavy (non-hydrogen) atoms. The number of carbonyl (C=O) groups excluding carboxylic acids is 1. The Labute approximate surface area is 97.0 Å². The number of amides is 2. The quantitative estimate of drug-likeness (QED) is 0.669. The van der Waals surface area contributed by atoms with E-state index >= 15 is 0 Å². The van der Waals surface area contributed by atoms with Crippen LogP contribution in [0.2, 0.25) is 0 Å². The third kappa shape index (κ3) is 1.59. The molecule has 0 atom stereocenters. The van der Waals surface area contributed by atoms with E-state index in [2.05, 4.69) is 5.32 Å². The second-order valence-electron chi connectivity index (χ2n) is 3.80. The van der Waals surface area contributed by atoms with Crippen molar-refractivity contribution in [2.24, 2.45) is 5.73 Å². The number of primary amides is 1. The van der Waals surface area contributed by atoms with Crippen molar-refractivity contribution in [3.05, 3.63) is 42.5 Å². The maximum absolute atomic E-state index is 10.8. The zero-order chi connectivity index (χ0) is 11.8. The number of para-hydroxylation sites is 1. The van der Waals surface area contributed by atoms with Gasteiger partial charge in [-0.3, -0.25) is 0 Å². The minimum absolute atomic E-state index is 0.583. The molecule has 3 rings (SSSR count). The molecule has 2 amide bonds. The van der Waals surface area contributed by atoms with Gasteiger partial charge in [0.15, 0.2) is 0 Å². The van der Waals surface area contributed by atoms with Gasteiger partial charge in [-0.25, -0.2) is 4.79 Å². The number of hydrogen-bond donors (Lipinski definition) is 2. The highest BCUT2D eigenvalue weighted by Gasteiger charge is 2.06. The van der Waals surface area contributed by atoms with Crippen molar-refractivity contribution in [1.29, 1.82) is 0 Å². The molecule has 0 fully saturated rings. The van der Waals surface area contributed by atoms with E-state index in [0.29, 0.717) is 5.69 Å². The lowest BCUT2D eigenvalue weighted by molar-refractivity contribution is 0.259. The molecule has 84 valence electrons. The van der Waals surface area contributed by atoms with Crippen molar-refractivity contribution in [1.82, 2.24) is 0 Å². The number of carbonyl (C=O) groups is 1. The monoisotopic (exact) mass is 226 g/mol. The van der Waals surface area contributed by atoms with Crippen molar-refractivity contribution in [3.8, 4) is 0 Å². The fourth-order valence-electron chi connectivity index (χ4n) is 1.95. The maximum atomic E-state index is 10.8. The summed E-state index contributed by atoms with van der Waals surface area (Å²) in [6.45, 7) is 0. The smallest absolute Gasteiger partial charge is 0.316 e. The van der Waals surface area contributed by atoms with Gasteiger partial charge in [-0.15, -0.1) is 0 Å². The van der Waals surface area contributed by atoms with Crippen LogP contribution in [0.4, 0.5) is 10.5 Å². The van der Waals surface area contributed by atoms with Gasteiger partial charge in [0.2, 0.25) is 0 Å². The second-order valence-corrected chi connectivity index (χ2v) is 3.80. The van der Waals surface area contributed by atoms with Crippen molar-refractivity contribution in [2.45, 2.75) is 0 Å². The molecule has 1 heterocycles. The molecule has 1 aromatic heterocycles. The molecule has 3 aromatic rings. The standard InChI is InChI=1S/C13H10N2O2/c14-13(16)15-8-5-6-10-9-3-1-2-4-11(9)17-12(10)7-8/h1-7H,(H3,14,15,16). The topological polar surface area (TPSA) is 68.3 Å². The zero-order valence-electron chi connectivity index (χ0n) is 8.94. The van der Waals surface area contributed by atoms with Crippen molar-refractivity contribution < 1.29 is 9.21 Å². The third-order valence-electron chi connectivity index (χ3n) is 2.65. The summed E-state index contributed by atoms with van der Waals surface area (Å²) in [5.41, 5.74) is 7.26. The second kappa shape index (κ2) is 3.52. The summed E-state index contributed by atoms with van der Waals surface area (Å²) in [5, 5.41) is 4.61. The van der Waals surface area contributed by atoms with Gasteiger partial charge >= 0.3 is 6.03 Å². The van der Waals surface area contributed by atoms with E-state index in [1.807, 2.05) is 30.3 Å². The van der Waals surface area contributed by atoms with Gasteiger partial charge in [-0.05, 0) is 18.2 Å². The molecule has 0 bridgehead atoms. The SMILES string of the molecule is NC(=O)Nc1ccc2c(c1)oc1ccccc12. The molecule has 4 heteroatoms. The number of hydrogen-bond acceptors (Lipinski definition) is 2. The Balaban J connectivity index is 2.23. The molecular weight excluding hydrogens is 216 g/mol. The first-order valence-electron chi connectivity index (χ1n) is 5.22. The van der Waals surface area contributed by atoms with Gasteiger partial charge in [0.05, 0.1) is 0 Å². The number of fused-ring (bicyclic) bond motifs is 3. The van der Waals surface area contributed by atoms with Crippen molar-refractivity contribution in [3.63, 3.8) is 0 Å². The number of nitrogens with two attached hydrogens (primary N) is 1. The van der Waals surface area contributed by atoms with Gasteiger partial charge in [0, 0.05) is 22.5 Å². The number of anilines is 1. The van der Waals surface area contributed by atoms with Crippen LogP contribution in [0.3, 0.4) is 0 Å². The Morgan fingerprint density at radius 2 is 1.82 bits per heavy atom. The minimum atomic E-state index is -0.583. The predicted octanol–water partition coefficient (Wildman–Crippen LogP) is 3.08. The van der Waals surface area contributed by atoms with E-state index in [1.165, 1.54) is 0 Å². The molecular formula is C13H10N2O2. The highest BCUT2D eigenvalue weighted by molar-refractivity contribution is 6.06.